The SMILES string of the molecule is COC(=O)c1c(C)cc(S)cc1C#N. The molecule has 0 saturated carbocycles. The number of nitrogens with zero attached hydrogens (tertiary/aromatic N) is 1. The number of hydrogen-bond donors (Lipinski definition) is 1. The Morgan fingerprint density at radius 1 is 1.57 bits per heavy atom. The lowest BCUT2D eigenvalue weighted by Crippen LogP contribution is -2.06. The predicted molar refractivity (Wildman–Crippen MR) is 54.5 cm³/mol. The van der Waals surface area contributed by atoms with E-state index in [1.165, 1.54) is 7.11 Å². The molecule has 0 atom stereocenters. The molecular formula is C10H9NO2S. The van der Waals surface area contributed by atoms with Crippen LogP contribution in [0.3, 0.4) is 0 Å². The van der Waals surface area contributed by atoms with Gasteiger partial charge in [-0.3, -0.25) is 0 Å². The summed E-state index contributed by atoms with van der Waals surface area (Å²) in [5, 5.41) is 8.82. The van der Waals surface area contributed by atoms with Crippen molar-refractivity contribution >= 4 is 18.6 Å². The first-order chi connectivity index (χ1) is 6.60. The Hall–Kier alpha value is -1.47. The maximum atomic E-state index is 11.3. The minimum Gasteiger partial charge on any atom is -0.465 e. The van der Waals surface area contributed by atoms with Crippen LogP contribution in [0.25, 0.3) is 0 Å². The highest BCUT2D eigenvalue weighted by atomic mass is 32.1. The summed E-state index contributed by atoms with van der Waals surface area (Å²) < 4.78 is 4.58. The van der Waals surface area contributed by atoms with Crippen molar-refractivity contribution in [3.8, 4) is 6.07 Å². The molecule has 4 heteroatoms. The van der Waals surface area contributed by atoms with E-state index in [0.29, 0.717) is 21.6 Å². The summed E-state index contributed by atoms with van der Waals surface area (Å²) in [5.41, 5.74) is 1.30. The highest BCUT2D eigenvalue weighted by Crippen LogP contribution is 2.19. The number of carbonyl (C=O) groups excluding carboxylic acids is 1. The molecule has 0 aliphatic rings. The molecule has 1 aromatic rings. The average Bonchev–Trinajstić information content (AvgIpc) is 2.15. The number of benzene rings is 1. The maximum Gasteiger partial charge on any atom is 0.339 e. The summed E-state index contributed by atoms with van der Waals surface area (Å²) >= 11 is 4.12. The van der Waals surface area contributed by atoms with Crippen molar-refractivity contribution in [3.05, 3.63) is 28.8 Å². The molecule has 0 spiro atoms. The van der Waals surface area contributed by atoms with E-state index in [-0.39, 0.29) is 0 Å². The lowest BCUT2D eigenvalue weighted by Gasteiger charge is -2.06. The second-order valence-corrected chi connectivity index (χ2v) is 3.31. The number of rotatable bonds is 1. The van der Waals surface area contributed by atoms with Crippen molar-refractivity contribution in [2.75, 3.05) is 7.11 Å². The second kappa shape index (κ2) is 4.16. The van der Waals surface area contributed by atoms with Crippen LogP contribution in [0, 0.1) is 18.3 Å². The van der Waals surface area contributed by atoms with Crippen LogP contribution in [0.15, 0.2) is 17.0 Å². The van der Waals surface area contributed by atoms with Crippen LogP contribution in [0.5, 0.6) is 0 Å². The van der Waals surface area contributed by atoms with Crippen LogP contribution in [0.2, 0.25) is 0 Å². The van der Waals surface area contributed by atoms with E-state index in [1.54, 1.807) is 19.1 Å². The van der Waals surface area contributed by atoms with E-state index < -0.39 is 5.97 Å². The van der Waals surface area contributed by atoms with Crippen LogP contribution >= 0.6 is 12.6 Å². The molecule has 1 rings (SSSR count). The quantitative estimate of drug-likeness (QED) is 0.565. The predicted octanol–water partition coefficient (Wildman–Crippen LogP) is 1.94. The lowest BCUT2D eigenvalue weighted by molar-refractivity contribution is 0.0599. The zero-order chi connectivity index (χ0) is 10.7. The third-order valence-corrected chi connectivity index (χ3v) is 2.09. The molecule has 0 aliphatic heterocycles. The van der Waals surface area contributed by atoms with Crippen molar-refractivity contribution in [3.63, 3.8) is 0 Å². The monoisotopic (exact) mass is 207 g/mol. The van der Waals surface area contributed by atoms with Crippen LogP contribution in [-0.4, -0.2) is 13.1 Å². The Morgan fingerprint density at radius 2 is 2.21 bits per heavy atom. The maximum absolute atomic E-state index is 11.3. The van der Waals surface area contributed by atoms with Crippen LogP contribution in [0.1, 0.15) is 21.5 Å². The minimum absolute atomic E-state index is 0.293. The molecule has 0 unspecified atom stereocenters. The summed E-state index contributed by atoms with van der Waals surface area (Å²) in [4.78, 5) is 12.0. The summed E-state index contributed by atoms with van der Waals surface area (Å²) in [6.45, 7) is 1.74. The van der Waals surface area contributed by atoms with E-state index in [0.717, 1.165) is 0 Å². The molecule has 0 fully saturated rings. The molecular weight excluding hydrogens is 198 g/mol. The Labute approximate surface area is 87.7 Å². The molecule has 0 aromatic heterocycles. The lowest BCUT2D eigenvalue weighted by atomic mass is 10.0. The van der Waals surface area contributed by atoms with Crippen molar-refractivity contribution in [1.29, 1.82) is 5.26 Å². The molecule has 0 heterocycles. The molecule has 3 nitrogen and oxygen atoms in total. The van der Waals surface area contributed by atoms with Crippen LogP contribution in [0.4, 0.5) is 0 Å². The molecule has 0 aliphatic carbocycles. The third kappa shape index (κ3) is 1.88. The zero-order valence-electron chi connectivity index (χ0n) is 7.87. The number of thiol groups is 1. The van der Waals surface area contributed by atoms with Gasteiger partial charge in [-0.05, 0) is 24.6 Å². The largest absolute Gasteiger partial charge is 0.465 e. The highest BCUT2D eigenvalue weighted by Gasteiger charge is 2.15. The summed E-state index contributed by atoms with van der Waals surface area (Å²) in [7, 11) is 1.29. The molecule has 72 valence electrons. The van der Waals surface area contributed by atoms with Gasteiger partial charge in [0.05, 0.1) is 18.2 Å². The molecule has 1 aromatic carbocycles. The molecule has 14 heavy (non-hydrogen) atoms. The summed E-state index contributed by atoms with van der Waals surface area (Å²) in [5.74, 6) is -0.493. The van der Waals surface area contributed by atoms with Gasteiger partial charge in [0, 0.05) is 4.90 Å². The van der Waals surface area contributed by atoms with Gasteiger partial charge in [-0.1, -0.05) is 0 Å². The Morgan fingerprint density at radius 3 is 2.71 bits per heavy atom. The van der Waals surface area contributed by atoms with Crippen molar-refractivity contribution in [1.82, 2.24) is 0 Å². The van der Waals surface area contributed by atoms with Gasteiger partial charge >= 0.3 is 5.97 Å². The number of carbonyl (C=O) groups is 1. The number of esters is 1. The Balaban J connectivity index is 3.42. The van der Waals surface area contributed by atoms with Gasteiger partial charge in [-0.15, -0.1) is 12.6 Å². The molecule has 0 amide bonds. The van der Waals surface area contributed by atoms with Gasteiger partial charge in [0.15, 0.2) is 0 Å². The summed E-state index contributed by atoms with van der Waals surface area (Å²) in [6, 6.07) is 5.21. The van der Waals surface area contributed by atoms with Crippen LogP contribution in [-0.2, 0) is 4.74 Å². The Kier molecular flexibility index (Phi) is 3.15. The third-order valence-electron chi connectivity index (χ3n) is 1.83. The number of nitriles is 1. The molecule has 0 saturated heterocycles. The van der Waals surface area contributed by atoms with Gasteiger partial charge in [-0.25, -0.2) is 4.79 Å². The van der Waals surface area contributed by atoms with E-state index >= 15 is 0 Å². The average molecular weight is 207 g/mol. The van der Waals surface area contributed by atoms with Gasteiger partial charge in [0.25, 0.3) is 0 Å². The van der Waals surface area contributed by atoms with Gasteiger partial charge in [-0.2, -0.15) is 5.26 Å². The Bertz CT molecular complexity index is 421. The second-order valence-electron chi connectivity index (χ2n) is 2.79. The topological polar surface area (TPSA) is 50.1 Å². The fourth-order valence-electron chi connectivity index (χ4n) is 1.23. The van der Waals surface area contributed by atoms with Gasteiger partial charge < -0.3 is 4.74 Å². The smallest absolute Gasteiger partial charge is 0.339 e. The van der Waals surface area contributed by atoms with E-state index in [9.17, 15) is 4.79 Å². The molecule has 0 radical (unpaired) electrons. The first-order valence-corrected chi connectivity index (χ1v) is 4.37. The number of aryl methyl sites for hydroxylation is 1. The number of methoxy groups -OCH3 is 1. The highest BCUT2D eigenvalue weighted by molar-refractivity contribution is 7.80. The fraction of sp³-hybridized carbons (Fsp3) is 0.200. The van der Waals surface area contributed by atoms with Gasteiger partial charge in [0.1, 0.15) is 6.07 Å². The zero-order valence-corrected chi connectivity index (χ0v) is 8.76. The number of hydrogen-bond acceptors (Lipinski definition) is 4. The first-order valence-electron chi connectivity index (χ1n) is 3.92. The number of ether oxygens (including phenoxy) is 1. The minimum atomic E-state index is -0.493. The molecule has 0 bridgehead atoms. The van der Waals surface area contributed by atoms with E-state index in [2.05, 4.69) is 17.4 Å². The van der Waals surface area contributed by atoms with Crippen molar-refractivity contribution in [2.45, 2.75) is 11.8 Å². The van der Waals surface area contributed by atoms with E-state index in [4.69, 9.17) is 5.26 Å². The van der Waals surface area contributed by atoms with E-state index in [1.807, 2.05) is 6.07 Å². The fourth-order valence-corrected chi connectivity index (χ4v) is 1.55. The normalized spacial score (nSPS) is 9.29. The van der Waals surface area contributed by atoms with Crippen molar-refractivity contribution < 1.29 is 9.53 Å². The molecule has 0 N–H and O–H groups in total. The standard InChI is InChI=1S/C10H9NO2S/c1-6-3-8(14)4-7(5-11)9(6)10(12)13-2/h3-4,14H,1-2H3. The van der Waals surface area contributed by atoms with Crippen molar-refractivity contribution in [2.24, 2.45) is 0 Å². The summed E-state index contributed by atoms with van der Waals surface area (Å²) in [6.07, 6.45) is 0. The first kappa shape index (κ1) is 10.6. The van der Waals surface area contributed by atoms with Crippen LogP contribution < -0.4 is 0 Å². The van der Waals surface area contributed by atoms with Gasteiger partial charge in [0.2, 0.25) is 0 Å².